The lowest BCUT2D eigenvalue weighted by Gasteiger charge is -2.17. The Balaban J connectivity index is 1.77. The Bertz CT molecular complexity index is 3440. The molecule has 66 heavy (non-hydrogen) atoms. The van der Waals surface area contributed by atoms with Crippen LogP contribution in [-0.2, 0) is 0 Å². The first kappa shape index (κ1) is 43.5. The van der Waals surface area contributed by atoms with Crippen LogP contribution < -0.4 is 0 Å². The standard InChI is InChI=1S/C48H8F8N10/c1-61-22-8-19(15-57)7-21(11-22)46(64-4)34-26-14-27-28(13-25(26)30(17-59)33(34)36-40(51)38(49)31(18-60)39(50)41(36)52)47(65-5)35(37-42(53)44(55)48(66-6)45(56)43(37)54)32(27)29(16-58)20-9-23(62-2)12-24(10-20)63-3/h7-14H/b32-29-,46-34+. The first-order chi connectivity index (χ1) is 31.6. The van der Waals surface area contributed by atoms with E-state index in [1.54, 1.807) is 18.2 Å². The lowest BCUT2D eigenvalue weighted by Crippen LogP contribution is -2.07. The molecule has 0 N–H and O–H groups in total. The van der Waals surface area contributed by atoms with Gasteiger partial charge >= 0.3 is 0 Å². The summed E-state index contributed by atoms with van der Waals surface area (Å²) in [5.41, 5.74) is -17.4. The molecule has 0 bridgehead atoms. The van der Waals surface area contributed by atoms with Crippen LogP contribution in [0.2, 0.25) is 0 Å². The van der Waals surface area contributed by atoms with Crippen molar-refractivity contribution in [3.63, 3.8) is 0 Å². The molecule has 0 saturated carbocycles. The maximum atomic E-state index is 16.2. The fourth-order valence-corrected chi connectivity index (χ4v) is 7.59. The molecule has 0 spiro atoms. The molecule has 2 aliphatic carbocycles. The summed E-state index contributed by atoms with van der Waals surface area (Å²) in [4.78, 5) is 19.1. The smallest absolute Gasteiger partial charge is 0.239 e. The number of nitrogens with zero attached hydrogens (tertiary/aromatic N) is 10. The number of hydrogen-bond donors (Lipinski definition) is 0. The largest absolute Gasteiger partial charge is 0.262 e. The first-order valence-corrected chi connectivity index (χ1v) is 17.7. The minimum atomic E-state index is -2.23. The van der Waals surface area contributed by atoms with Gasteiger partial charge in [0, 0.05) is 22.3 Å². The molecule has 0 unspecified atom stereocenters. The quantitative estimate of drug-likeness (QED) is 0.0772. The van der Waals surface area contributed by atoms with Crippen molar-refractivity contribution in [2.45, 2.75) is 0 Å². The molecule has 5 aromatic rings. The lowest BCUT2D eigenvalue weighted by molar-refractivity contribution is 0.447. The zero-order valence-corrected chi connectivity index (χ0v) is 32.1. The normalized spacial score (nSPS) is 13.5. The van der Waals surface area contributed by atoms with Gasteiger partial charge in [-0.05, 0) is 56.7 Å². The summed E-state index contributed by atoms with van der Waals surface area (Å²) < 4.78 is 127. The Morgan fingerprint density at radius 1 is 0.455 bits per heavy atom. The monoisotopic (exact) mass is 876 g/mol. The number of benzene rings is 5. The van der Waals surface area contributed by atoms with Crippen molar-refractivity contribution in [2.75, 3.05) is 0 Å². The Kier molecular flexibility index (Phi) is 10.8. The number of hydrogen-bond acceptors (Lipinski definition) is 4. The molecule has 0 aliphatic heterocycles. The van der Waals surface area contributed by atoms with E-state index in [9.17, 15) is 21.0 Å². The summed E-state index contributed by atoms with van der Waals surface area (Å²) in [5.74, 6) is -17.8. The van der Waals surface area contributed by atoms with Gasteiger partial charge in [-0.3, -0.25) is 0 Å². The molecular weight excluding hydrogens is 869 g/mol. The molecule has 306 valence electrons. The predicted molar refractivity (Wildman–Crippen MR) is 218 cm³/mol. The molecule has 0 fully saturated rings. The zero-order valence-electron chi connectivity index (χ0n) is 32.1. The second-order valence-electron chi connectivity index (χ2n) is 13.5. The Morgan fingerprint density at radius 2 is 0.970 bits per heavy atom. The number of allylic oxidation sites excluding steroid dienone is 6. The Morgan fingerprint density at radius 3 is 1.45 bits per heavy atom. The fraction of sp³-hybridized carbons (Fsp3) is 0. The molecule has 7 rings (SSSR count). The summed E-state index contributed by atoms with van der Waals surface area (Å²) in [5, 5.41) is 40.7. The van der Waals surface area contributed by atoms with E-state index in [1.807, 2.05) is 0 Å². The van der Waals surface area contributed by atoms with Crippen LogP contribution in [0.4, 0.5) is 57.9 Å². The highest BCUT2D eigenvalue weighted by Gasteiger charge is 2.42. The van der Waals surface area contributed by atoms with E-state index in [0.29, 0.717) is 0 Å². The molecule has 0 atom stereocenters. The molecule has 18 heteroatoms. The molecule has 0 saturated heterocycles. The molecule has 0 radical (unpaired) electrons. The third-order valence-electron chi connectivity index (χ3n) is 10.3. The van der Waals surface area contributed by atoms with Crippen molar-refractivity contribution in [2.24, 2.45) is 0 Å². The second kappa shape index (κ2) is 16.4. The van der Waals surface area contributed by atoms with Crippen LogP contribution in [0.3, 0.4) is 0 Å². The topological polar surface area (TPSA) is 121 Å². The number of nitriles is 4. The van der Waals surface area contributed by atoms with E-state index in [2.05, 4.69) is 29.1 Å². The van der Waals surface area contributed by atoms with Gasteiger partial charge in [-0.1, -0.05) is 36.4 Å². The molecule has 0 aromatic heterocycles. The van der Waals surface area contributed by atoms with Crippen LogP contribution in [0, 0.1) is 131 Å². The van der Waals surface area contributed by atoms with Crippen molar-refractivity contribution in [1.82, 2.24) is 0 Å². The maximum absolute atomic E-state index is 16.2. The maximum Gasteiger partial charge on any atom is 0.262 e. The van der Waals surface area contributed by atoms with E-state index in [1.165, 1.54) is 0 Å². The zero-order chi connectivity index (χ0) is 48.0. The molecule has 10 nitrogen and oxygen atoms in total. The van der Waals surface area contributed by atoms with Gasteiger partial charge in [0.05, 0.1) is 62.2 Å². The average molecular weight is 877 g/mol. The predicted octanol–water partition coefficient (Wildman–Crippen LogP) is 13.2. The van der Waals surface area contributed by atoms with E-state index >= 15 is 35.1 Å². The Hall–Kier alpha value is -10.6. The van der Waals surface area contributed by atoms with Gasteiger partial charge < -0.3 is 0 Å². The molecule has 0 heterocycles. The van der Waals surface area contributed by atoms with E-state index in [4.69, 9.17) is 39.4 Å². The number of fused-ring (bicyclic) bond motifs is 2. The van der Waals surface area contributed by atoms with Gasteiger partial charge in [-0.25, -0.2) is 64.2 Å². The van der Waals surface area contributed by atoms with Crippen molar-refractivity contribution in [3.8, 4) is 24.3 Å². The van der Waals surface area contributed by atoms with Gasteiger partial charge in [0.15, 0.2) is 63.6 Å². The van der Waals surface area contributed by atoms with E-state index in [-0.39, 0.29) is 33.8 Å². The van der Waals surface area contributed by atoms with Crippen molar-refractivity contribution in [1.29, 1.82) is 21.0 Å². The lowest BCUT2D eigenvalue weighted by atomic mass is 9.86. The Labute approximate surface area is 366 Å². The second-order valence-corrected chi connectivity index (χ2v) is 13.5. The summed E-state index contributed by atoms with van der Waals surface area (Å²) in [6, 6.07) is 14.3. The molecular formula is C48H8F8N10. The van der Waals surface area contributed by atoms with Gasteiger partial charge in [0.25, 0.3) is 5.69 Å². The molecule has 5 aromatic carbocycles. The summed E-state index contributed by atoms with van der Waals surface area (Å²) in [6.45, 7) is 46.3. The van der Waals surface area contributed by atoms with Gasteiger partial charge in [-0.15, -0.1) is 0 Å². The van der Waals surface area contributed by atoms with Gasteiger partial charge in [-0.2, -0.15) is 21.0 Å². The average Bonchev–Trinajstić information content (AvgIpc) is 3.80. The SMILES string of the molecule is [C-]#[N+]C1=C(c2c(F)c(F)c([N+]#[C-])c(F)c2F)/C(=C(/C#N)c2cc([N+]#[C-])cc([N+]#[C-])c2)c2cc3c(cc21)C(C#N)=C(c1c(F)c(F)c(C#N)c(F)c1F)/C3=C(/[N+]#[C-])c1cc(C#N)cc([N+]#[C-])c1. The summed E-state index contributed by atoms with van der Waals surface area (Å²) >= 11 is 0. The highest BCUT2D eigenvalue weighted by Crippen LogP contribution is 2.58. The van der Waals surface area contributed by atoms with Gasteiger partial charge in [0.1, 0.15) is 23.8 Å². The van der Waals surface area contributed by atoms with Crippen LogP contribution >= 0.6 is 0 Å². The van der Waals surface area contributed by atoms with Crippen molar-refractivity contribution >= 4 is 67.6 Å². The molecule has 2 aliphatic rings. The summed E-state index contributed by atoms with van der Waals surface area (Å²) in [6.07, 6.45) is 0. The van der Waals surface area contributed by atoms with Crippen molar-refractivity contribution < 1.29 is 35.1 Å². The number of halogens is 8. The first-order valence-electron chi connectivity index (χ1n) is 17.7. The summed E-state index contributed by atoms with van der Waals surface area (Å²) in [7, 11) is 0. The van der Waals surface area contributed by atoms with Crippen LogP contribution in [0.5, 0.6) is 0 Å². The minimum absolute atomic E-state index is 0.251. The fourth-order valence-electron chi connectivity index (χ4n) is 7.59. The highest BCUT2D eigenvalue weighted by molar-refractivity contribution is 6.33. The van der Waals surface area contributed by atoms with Crippen LogP contribution in [0.1, 0.15) is 55.6 Å². The van der Waals surface area contributed by atoms with Crippen LogP contribution in [-0.4, -0.2) is 0 Å². The molecule has 0 amide bonds. The van der Waals surface area contributed by atoms with Crippen LogP contribution in [0.25, 0.3) is 73.9 Å². The highest BCUT2D eigenvalue weighted by atomic mass is 19.2. The number of rotatable bonds is 4. The third-order valence-corrected chi connectivity index (χ3v) is 10.3. The third kappa shape index (κ3) is 6.23. The van der Waals surface area contributed by atoms with Crippen molar-refractivity contribution in [3.05, 3.63) is 219 Å². The van der Waals surface area contributed by atoms with Gasteiger partial charge in [0.2, 0.25) is 11.4 Å². The van der Waals surface area contributed by atoms with E-state index in [0.717, 1.165) is 54.6 Å². The van der Waals surface area contributed by atoms with E-state index < -0.39 is 136 Å². The van der Waals surface area contributed by atoms with Crippen LogP contribution in [0.15, 0.2) is 48.5 Å². The minimum Gasteiger partial charge on any atom is -0.239 e.